The van der Waals surface area contributed by atoms with Crippen molar-refractivity contribution >= 4 is 22.3 Å². The van der Waals surface area contributed by atoms with Crippen molar-refractivity contribution in [2.24, 2.45) is 11.8 Å². The Morgan fingerprint density at radius 3 is 2.58 bits per heavy atom. The average molecular weight is 258 g/mol. The standard InChI is InChI=1S/C15H22N4/c1-10(2)7-11-8-15(18-16)13-9-12(19(3)4)5-6-14(13)17-11/h5-6,8-10H,7,16H2,1-4H3,(H,17,18). The van der Waals surface area contributed by atoms with Gasteiger partial charge < -0.3 is 10.3 Å². The van der Waals surface area contributed by atoms with Crippen molar-refractivity contribution in [3.8, 4) is 0 Å². The van der Waals surface area contributed by atoms with Crippen molar-refractivity contribution < 1.29 is 0 Å². The number of rotatable bonds is 4. The van der Waals surface area contributed by atoms with E-state index >= 15 is 0 Å². The van der Waals surface area contributed by atoms with Gasteiger partial charge in [-0.3, -0.25) is 10.8 Å². The van der Waals surface area contributed by atoms with E-state index in [0.29, 0.717) is 5.92 Å². The molecular weight excluding hydrogens is 236 g/mol. The molecule has 2 aromatic rings. The minimum Gasteiger partial charge on any atom is -0.378 e. The number of aromatic nitrogens is 1. The van der Waals surface area contributed by atoms with Gasteiger partial charge in [-0.05, 0) is 36.6 Å². The molecule has 0 aliphatic carbocycles. The van der Waals surface area contributed by atoms with Crippen LogP contribution >= 0.6 is 0 Å². The van der Waals surface area contributed by atoms with E-state index in [9.17, 15) is 0 Å². The van der Waals surface area contributed by atoms with Gasteiger partial charge in [-0.15, -0.1) is 0 Å². The number of hydrogen-bond acceptors (Lipinski definition) is 4. The molecule has 4 heteroatoms. The molecule has 0 spiro atoms. The summed E-state index contributed by atoms with van der Waals surface area (Å²) in [7, 11) is 4.05. The monoisotopic (exact) mass is 258 g/mol. The van der Waals surface area contributed by atoms with Crippen molar-refractivity contribution in [2.45, 2.75) is 20.3 Å². The van der Waals surface area contributed by atoms with Crippen LogP contribution in [0.25, 0.3) is 10.9 Å². The van der Waals surface area contributed by atoms with Crippen LogP contribution in [-0.4, -0.2) is 19.1 Å². The highest BCUT2D eigenvalue weighted by Crippen LogP contribution is 2.27. The van der Waals surface area contributed by atoms with Gasteiger partial charge in [-0.1, -0.05) is 13.8 Å². The summed E-state index contributed by atoms with van der Waals surface area (Å²) in [6.07, 6.45) is 0.958. The smallest absolute Gasteiger partial charge is 0.0728 e. The van der Waals surface area contributed by atoms with Crippen LogP contribution in [-0.2, 0) is 6.42 Å². The Balaban J connectivity index is 2.56. The molecule has 0 atom stereocenters. The lowest BCUT2D eigenvalue weighted by molar-refractivity contribution is 0.637. The minimum absolute atomic E-state index is 0.580. The van der Waals surface area contributed by atoms with Gasteiger partial charge in [0.05, 0.1) is 11.2 Å². The first-order valence-electron chi connectivity index (χ1n) is 6.59. The van der Waals surface area contributed by atoms with Crippen LogP contribution in [0.15, 0.2) is 24.3 Å². The third kappa shape index (κ3) is 2.96. The summed E-state index contributed by atoms with van der Waals surface area (Å²) in [6.45, 7) is 4.38. The van der Waals surface area contributed by atoms with Gasteiger partial charge in [0.2, 0.25) is 0 Å². The summed E-state index contributed by atoms with van der Waals surface area (Å²) in [4.78, 5) is 6.78. The molecule has 0 unspecified atom stereocenters. The third-order valence-electron chi connectivity index (χ3n) is 3.13. The topological polar surface area (TPSA) is 54.2 Å². The fourth-order valence-electron chi connectivity index (χ4n) is 2.19. The summed E-state index contributed by atoms with van der Waals surface area (Å²) in [6, 6.07) is 8.28. The number of nitrogens with two attached hydrogens (primary N) is 1. The normalized spacial score (nSPS) is 11.1. The van der Waals surface area contributed by atoms with E-state index in [-0.39, 0.29) is 0 Å². The van der Waals surface area contributed by atoms with Gasteiger partial charge in [0.15, 0.2) is 0 Å². The summed E-state index contributed by atoms with van der Waals surface area (Å²) >= 11 is 0. The maximum absolute atomic E-state index is 5.65. The zero-order chi connectivity index (χ0) is 14.0. The molecule has 0 amide bonds. The number of nitrogen functional groups attached to an aromatic ring is 1. The quantitative estimate of drug-likeness (QED) is 0.654. The predicted molar refractivity (Wildman–Crippen MR) is 82.4 cm³/mol. The number of nitrogens with one attached hydrogen (secondary N) is 1. The van der Waals surface area contributed by atoms with Gasteiger partial charge in [-0.25, -0.2) is 0 Å². The van der Waals surface area contributed by atoms with Gasteiger partial charge in [0, 0.05) is 30.9 Å². The van der Waals surface area contributed by atoms with Crippen molar-refractivity contribution in [2.75, 3.05) is 24.4 Å². The average Bonchev–Trinajstić information content (AvgIpc) is 2.36. The number of nitrogens with zero attached hydrogens (tertiary/aromatic N) is 2. The third-order valence-corrected chi connectivity index (χ3v) is 3.13. The number of fused-ring (bicyclic) bond motifs is 1. The van der Waals surface area contributed by atoms with Gasteiger partial charge in [0.25, 0.3) is 0 Å². The van der Waals surface area contributed by atoms with E-state index in [4.69, 9.17) is 10.8 Å². The summed E-state index contributed by atoms with van der Waals surface area (Å²) in [5.74, 6) is 6.23. The predicted octanol–water partition coefficient (Wildman–Crippen LogP) is 2.78. The molecule has 1 aromatic carbocycles. The molecule has 0 saturated heterocycles. The first kappa shape index (κ1) is 13.6. The van der Waals surface area contributed by atoms with E-state index in [1.165, 1.54) is 0 Å². The van der Waals surface area contributed by atoms with Crippen LogP contribution in [0.1, 0.15) is 19.5 Å². The number of hydrazine groups is 1. The molecule has 2 rings (SSSR count). The number of hydrogen-bond donors (Lipinski definition) is 2. The van der Waals surface area contributed by atoms with Crippen molar-refractivity contribution in [1.29, 1.82) is 0 Å². The molecule has 19 heavy (non-hydrogen) atoms. The van der Waals surface area contributed by atoms with Crippen molar-refractivity contribution in [3.05, 3.63) is 30.0 Å². The Morgan fingerprint density at radius 1 is 1.26 bits per heavy atom. The molecule has 3 N–H and O–H groups in total. The Kier molecular flexibility index (Phi) is 3.90. The Labute approximate surface area is 114 Å². The van der Waals surface area contributed by atoms with Crippen LogP contribution in [0.2, 0.25) is 0 Å². The highest BCUT2D eigenvalue weighted by atomic mass is 15.2. The Hall–Kier alpha value is -1.81. The second-order valence-electron chi connectivity index (χ2n) is 5.50. The lowest BCUT2D eigenvalue weighted by atomic mass is 10.1. The van der Waals surface area contributed by atoms with Gasteiger partial charge in [0.1, 0.15) is 0 Å². The molecule has 0 fully saturated rings. The molecule has 0 radical (unpaired) electrons. The van der Waals surface area contributed by atoms with Crippen molar-refractivity contribution in [3.63, 3.8) is 0 Å². The molecular formula is C15H22N4. The largest absolute Gasteiger partial charge is 0.378 e. The molecule has 1 aromatic heterocycles. The van der Waals surface area contributed by atoms with Crippen LogP contribution in [0.5, 0.6) is 0 Å². The van der Waals surface area contributed by atoms with Crippen LogP contribution < -0.4 is 16.2 Å². The van der Waals surface area contributed by atoms with E-state index in [1.54, 1.807) is 0 Å². The van der Waals surface area contributed by atoms with Crippen LogP contribution in [0, 0.1) is 5.92 Å². The Bertz CT molecular complexity index is 576. The minimum atomic E-state index is 0.580. The highest BCUT2D eigenvalue weighted by Gasteiger charge is 2.08. The molecule has 0 saturated carbocycles. The molecule has 0 aliphatic heterocycles. The first-order valence-corrected chi connectivity index (χ1v) is 6.59. The zero-order valence-electron chi connectivity index (χ0n) is 12.1. The molecule has 0 bridgehead atoms. The fourth-order valence-corrected chi connectivity index (χ4v) is 2.19. The number of benzene rings is 1. The second kappa shape index (κ2) is 5.45. The van der Waals surface area contributed by atoms with E-state index in [0.717, 1.165) is 34.4 Å². The van der Waals surface area contributed by atoms with Gasteiger partial charge >= 0.3 is 0 Å². The maximum atomic E-state index is 5.65. The van der Waals surface area contributed by atoms with E-state index in [2.05, 4.69) is 42.4 Å². The summed E-state index contributed by atoms with van der Waals surface area (Å²) in [5, 5.41) is 1.06. The van der Waals surface area contributed by atoms with E-state index < -0.39 is 0 Å². The first-order chi connectivity index (χ1) is 9.01. The second-order valence-corrected chi connectivity index (χ2v) is 5.50. The van der Waals surface area contributed by atoms with Crippen LogP contribution in [0.3, 0.4) is 0 Å². The molecule has 4 nitrogen and oxygen atoms in total. The fraction of sp³-hybridized carbons (Fsp3) is 0.400. The number of pyridine rings is 1. The number of anilines is 2. The molecule has 102 valence electrons. The lowest BCUT2D eigenvalue weighted by Crippen LogP contribution is -2.11. The maximum Gasteiger partial charge on any atom is 0.0728 e. The van der Waals surface area contributed by atoms with E-state index in [1.807, 2.05) is 20.2 Å². The summed E-state index contributed by atoms with van der Waals surface area (Å²) < 4.78 is 0. The lowest BCUT2D eigenvalue weighted by Gasteiger charge is -2.15. The molecule has 0 aliphatic rings. The summed E-state index contributed by atoms with van der Waals surface area (Å²) in [5.41, 5.74) is 6.93. The van der Waals surface area contributed by atoms with Crippen LogP contribution in [0.4, 0.5) is 11.4 Å². The Morgan fingerprint density at radius 2 is 2.00 bits per heavy atom. The van der Waals surface area contributed by atoms with Crippen molar-refractivity contribution in [1.82, 2.24) is 4.98 Å². The van der Waals surface area contributed by atoms with Gasteiger partial charge in [-0.2, -0.15) is 0 Å². The SMILES string of the molecule is CC(C)Cc1cc(NN)c2cc(N(C)C)ccc2n1. The molecule has 1 heterocycles. The zero-order valence-corrected chi connectivity index (χ0v) is 12.1. The highest BCUT2D eigenvalue weighted by molar-refractivity contribution is 5.93.